The van der Waals surface area contributed by atoms with Gasteiger partial charge in [0.05, 0.1) is 0 Å². The second kappa shape index (κ2) is 5.59. The van der Waals surface area contributed by atoms with Crippen LogP contribution in [0.5, 0.6) is 0 Å². The number of likely N-dealkylation sites (tertiary alicyclic amines) is 1. The van der Waals surface area contributed by atoms with Crippen molar-refractivity contribution in [2.24, 2.45) is 0 Å². The lowest BCUT2D eigenvalue weighted by molar-refractivity contribution is -0.138. The predicted molar refractivity (Wildman–Crippen MR) is 69.5 cm³/mol. The summed E-state index contributed by atoms with van der Waals surface area (Å²) in [7, 11) is 0. The van der Waals surface area contributed by atoms with Gasteiger partial charge in [-0.25, -0.2) is 4.79 Å². The minimum Gasteiger partial charge on any atom is -0.480 e. The number of carbonyl (C=O) groups is 2. The number of urea groups is 1. The summed E-state index contributed by atoms with van der Waals surface area (Å²) < 4.78 is 0. The largest absolute Gasteiger partial charge is 0.480 e. The summed E-state index contributed by atoms with van der Waals surface area (Å²) >= 11 is 0. The molecule has 1 atom stereocenters. The number of carboxylic acids is 1. The Hall–Kier alpha value is -1.26. The van der Waals surface area contributed by atoms with E-state index in [0.717, 1.165) is 25.8 Å². The lowest BCUT2D eigenvalue weighted by Gasteiger charge is -2.42. The monoisotopic (exact) mass is 256 g/mol. The third-order valence-corrected chi connectivity index (χ3v) is 3.38. The highest BCUT2D eigenvalue weighted by molar-refractivity contribution is 5.81. The molecular formula is C13H24N2O3. The number of nitrogens with zero attached hydrogens (tertiary/aromatic N) is 2. The van der Waals surface area contributed by atoms with E-state index >= 15 is 0 Å². The van der Waals surface area contributed by atoms with Gasteiger partial charge in [-0.15, -0.1) is 0 Å². The van der Waals surface area contributed by atoms with E-state index in [2.05, 4.69) is 0 Å². The second-order valence-corrected chi connectivity index (χ2v) is 5.97. The Morgan fingerprint density at radius 1 is 1.33 bits per heavy atom. The van der Waals surface area contributed by atoms with E-state index in [-0.39, 0.29) is 18.6 Å². The molecule has 5 nitrogen and oxygen atoms in total. The molecule has 1 aliphatic rings. The quantitative estimate of drug-likeness (QED) is 0.823. The van der Waals surface area contributed by atoms with Gasteiger partial charge in [-0.2, -0.15) is 0 Å². The molecule has 0 spiro atoms. The molecule has 0 bridgehead atoms. The van der Waals surface area contributed by atoms with Crippen LogP contribution in [0.4, 0.5) is 4.79 Å². The van der Waals surface area contributed by atoms with Crippen LogP contribution in [0.15, 0.2) is 0 Å². The fourth-order valence-corrected chi connectivity index (χ4v) is 2.26. The molecule has 104 valence electrons. The molecule has 1 N–H and O–H groups in total. The number of hydrogen-bond acceptors (Lipinski definition) is 2. The van der Waals surface area contributed by atoms with E-state index in [1.54, 1.807) is 4.90 Å². The van der Waals surface area contributed by atoms with E-state index in [1.165, 1.54) is 4.90 Å². The van der Waals surface area contributed by atoms with Crippen LogP contribution in [0.3, 0.4) is 0 Å². The van der Waals surface area contributed by atoms with Crippen LogP contribution in [-0.4, -0.2) is 51.6 Å². The fourth-order valence-electron chi connectivity index (χ4n) is 2.26. The Morgan fingerprint density at radius 3 is 2.39 bits per heavy atom. The van der Waals surface area contributed by atoms with Crippen molar-refractivity contribution in [1.82, 2.24) is 9.80 Å². The maximum absolute atomic E-state index is 12.5. The van der Waals surface area contributed by atoms with Crippen molar-refractivity contribution < 1.29 is 14.7 Å². The summed E-state index contributed by atoms with van der Waals surface area (Å²) in [6.45, 7) is 8.10. The van der Waals surface area contributed by atoms with E-state index in [1.807, 2.05) is 27.7 Å². The maximum atomic E-state index is 12.5. The summed E-state index contributed by atoms with van der Waals surface area (Å²) in [6, 6.07) is 0.0435. The lowest BCUT2D eigenvalue weighted by atomic mass is 10.0. The third kappa shape index (κ3) is 3.62. The van der Waals surface area contributed by atoms with Gasteiger partial charge >= 0.3 is 12.0 Å². The smallest absolute Gasteiger partial charge is 0.323 e. The normalized spacial score (nSPS) is 20.7. The minimum atomic E-state index is -0.970. The van der Waals surface area contributed by atoms with Gasteiger partial charge in [0, 0.05) is 18.1 Å². The van der Waals surface area contributed by atoms with Gasteiger partial charge in [0.1, 0.15) is 6.54 Å². The summed E-state index contributed by atoms with van der Waals surface area (Å²) in [5.41, 5.74) is -0.480. The zero-order valence-corrected chi connectivity index (χ0v) is 11.8. The molecule has 0 radical (unpaired) electrons. The van der Waals surface area contributed by atoms with Crippen LogP contribution in [0.1, 0.15) is 47.0 Å². The van der Waals surface area contributed by atoms with Gasteiger partial charge in [-0.05, 0) is 47.0 Å². The standard InChI is InChI=1S/C13H24N2O3/c1-10-7-5-6-8-14(10)12(18)15(9-11(16)17)13(2,3)4/h10H,5-9H2,1-4H3,(H,16,17). The number of amides is 2. The molecule has 1 aliphatic heterocycles. The van der Waals surface area contributed by atoms with Crippen LogP contribution in [0.2, 0.25) is 0 Å². The number of rotatable bonds is 2. The summed E-state index contributed by atoms with van der Waals surface area (Å²) in [6.07, 6.45) is 3.14. The first kappa shape index (κ1) is 14.8. The van der Waals surface area contributed by atoms with Crippen molar-refractivity contribution in [2.45, 2.75) is 58.5 Å². The predicted octanol–water partition coefficient (Wildman–Crippen LogP) is 2.17. The Balaban J connectivity index is 2.84. The van der Waals surface area contributed by atoms with Crippen molar-refractivity contribution in [3.8, 4) is 0 Å². The molecule has 0 aromatic rings. The van der Waals surface area contributed by atoms with E-state index < -0.39 is 11.5 Å². The van der Waals surface area contributed by atoms with Gasteiger partial charge in [0.25, 0.3) is 0 Å². The Kier molecular flexibility index (Phi) is 4.59. The fraction of sp³-hybridized carbons (Fsp3) is 0.846. The molecule has 1 heterocycles. The number of aliphatic carboxylic acids is 1. The van der Waals surface area contributed by atoms with Crippen molar-refractivity contribution >= 4 is 12.0 Å². The van der Waals surface area contributed by atoms with Crippen molar-refractivity contribution in [3.63, 3.8) is 0 Å². The molecule has 1 saturated heterocycles. The van der Waals surface area contributed by atoms with Crippen LogP contribution in [-0.2, 0) is 4.79 Å². The first-order chi connectivity index (χ1) is 8.23. The molecule has 1 rings (SSSR count). The molecule has 0 aromatic heterocycles. The van der Waals surface area contributed by atoms with E-state index in [0.29, 0.717) is 0 Å². The summed E-state index contributed by atoms with van der Waals surface area (Å²) in [5.74, 6) is -0.970. The van der Waals surface area contributed by atoms with Crippen molar-refractivity contribution in [3.05, 3.63) is 0 Å². The highest BCUT2D eigenvalue weighted by Gasteiger charge is 2.34. The highest BCUT2D eigenvalue weighted by Crippen LogP contribution is 2.22. The summed E-state index contributed by atoms with van der Waals surface area (Å²) in [4.78, 5) is 26.6. The van der Waals surface area contributed by atoms with Gasteiger partial charge in [0.15, 0.2) is 0 Å². The maximum Gasteiger partial charge on any atom is 0.323 e. The molecule has 2 amide bonds. The Morgan fingerprint density at radius 2 is 1.94 bits per heavy atom. The van der Waals surface area contributed by atoms with Crippen molar-refractivity contribution in [1.29, 1.82) is 0 Å². The second-order valence-electron chi connectivity index (χ2n) is 5.97. The van der Waals surface area contributed by atoms with Crippen LogP contribution in [0, 0.1) is 0 Å². The number of hydrogen-bond donors (Lipinski definition) is 1. The summed E-state index contributed by atoms with van der Waals surface area (Å²) in [5, 5.41) is 8.95. The number of piperidine rings is 1. The number of carbonyl (C=O) groups excluding carboxylic acids is 1. The van der Waals surface area contributed by atoms with Crippen molar-refractivity contribution in [2.75, 3.05) is 13.1 Å². The molecule has 1 unspecified atom stereocenters. The third-order valence-electron chi connectivity index (χ3n) is 3.38. The number of carboxylic acid groups (broad SMARTS) is 1. The minimum absolute atomic E-state index is 0.155. The first-order valence-corrected chi connectivity index (χ1v) is 6.53. The highest BCUT2D eigenvalue weighted by atomic mass is 16.4. The van der Waals surface area contributed by atoms with Crippen LogP contribution < -0.4 is 0 Å². The first-order valence-electron chi connectivity index (χ1n) is 6.53. The lowest BCUT2D eigenvalue weighted by Crippen LogP contribution is -2.56. The van der Waals surface area contributed by atoms with Gasteiger partial charge in [-0.3, -0.25) is 4.79 Å². The average molecular weight is 256 g/mol. The molecule has 0 saturated carbocycles. The molecular weight excluding hydrogens is 232 g/mol. The van der Waals surface area contributed by atoms with E-state index in [9.17, 15) is 9.59 Å². The SMILES string of the molecule is CC1CCCCN1C(=O)N(CC(=O)O)C(C)(C)C. The van der Waals surface area contributed by atoms with E-state index in [4.69, 9.17) is 5.11 Å². The Bertz CT molecular complexity index is 323. The topological polar surface area (TPSA) is 60.9 Å². The zero-order valence-electron chi connectivity index (χ0n) is 11.8. The zero-order chi connectivity index (χ0) is 13.9. The molecule has 5 heteroatoms. The van der Waals surface area contributed by atoms with Gasteiger partial charge < -0.3 is 14.9 Å². The van der Waals surface area contributed by atoms with Gasteiger partial charge in [-0.1, -0.05) is 0 Å². The van der Waals surface area contributed by atoms with Crippen LogP contribution >= 0.6 is 0 Å². The molecule has 1 fully saturated rings. The van der Waals surface area contributed by atoms with Crippen LogP contribution in [0.25, 0.3) is 0 Å². The molecule has 0 aliphatic carbocycles. The average Bonchev–Trinajstić information content (AvgIpc) is 2.24. The molecule has 18 heavy (non-hydrogen) atoms. The van der Waals surface area contributed by atoms with Gasteiger partial charge in [0.2, 0.25) is 0 Å². The molecule has 0 aromatic carbocycles. The Labute approximate surface area is 109 Å².